The van der Waals surface area contributed by atoms with Gasteiger partial charge in [0, 0.05) is 18.0 Å². The van der Waals surface area contributed by atoms with Crippen LogP contribution in [0.3, 0.4) is 0 Å². The topological polar surface area (TPSA) is 91.9 Å². The Kier molecular flexibility index (Phi) is 4.74. The van der Waals surface area contributed by atoms with Crippen LogP contribution in [0, 0.1) is 11.3 Å². The number of carbonyl (C=O) groups excluding carboxylic acids is 3. The van der Waals surface area contributed by atoms with Gasteiger partial charge in [-0.05, 0) is 24.3 Å². The summed E-state index contributed by atoms with van der Waals surface area (Å²) in [4.78, 5) is 37.9. The molecule has 2 aromatic heterocycles. The van der Waals surface area contributed by atoms with Crippen LogP contribution in [0.15, 0.2) is 42.7 Å². The molecule has 3 heterocycles. The molecule has 0 N–H and O–H groups in total. The van der Waals surface area contributed by atoms with Crippen LogP contribution in [0.4, 0.5) is 0 Å². The lowest BCUT2D eigenvalue weighted by Crippen LogP contribution is -2.35. The third-order valence-electron chi connectivity index (χ3n) is 4.56. The molecule has 4 rings (SSSR count). The van der Waals surface area contributed by atoms with Gasteiger partial charge in [0.15, 0.2) is 0 Å². The largest absolute Gasteiger partial charge is 0.459 e. The van der Waals surface area contributed by atoms with E-state index in [0.29, 0.717) is 16.6 Å². The van der Waals surface area contributed by atoms with Crippen LogP contribution in [0.1, 0.15) is 31.8 Å². The van der Waals surface area contributed by atoms with Crippen molar-refractivity contribution in [2.75, 3.05) is 6.54 Å². The Morgan fingerprint density at radius 2 is 1.76 bits per heavy atom. The molecule has 0 saturated carbocycles. The van der Waals surface area contributed by atoms with Crippen molar-refractivity contribution in [1.29, 1.82) is 5.26 Å². The van der Waals surface area contributed by atoms with Crippen LogP contribution in [0.25, 0.3) is 5.52 Å². The van der Waals surface area contributed by atoms with Crippen molar-refractivity contribution < 1.29 is 19.1 Å². The molecule has 0 atom stereocenters. The van der Waals surface area contributed by atoms with Gasteiger partial charge in [0.1, 0.15) is 19.2 Å². The molecule has 0 radical (unpaired) electrons. The molecule has 0 unspecified atom stereocenters. The van der Waals surface area contributed by atoms with Crippen molar-refractivity contribution in [1.82, 2.24) is 9.30 Å². The summed E-state index contributed by atoms with van der Waals surface area (Å²) in [6.45, 7) is -0.721. The molecule has 1 aliphatic rings. The number of hydrogen-bond acceptors (Lipinski definition) is 5. The van der Waals surface area contributed by atoms with Gasteiger partial charge in [-0.2, -0.15) is 5.26 Å². The van der Waals surface area contributed by atoms with Crippen molar-refractivity contribution in [3.63, 3.8) is 0 Å². The lowest BCUT2D eigenvalue weighted by Gasteiger charge is -2.12. The first-order valence-corrected chi connectivity index (χ1v) is 9.16. The van der Waals surface area contributed by atoms with E-state index in [1.807, 2.05) is 6.07 Å². The van der Waals surface area contributed by atoms with Crippen molar-refractivity contribution >= 4 is 46.5 Å². The van der Waals surface area contributed by atoms with Crippen molar-refractivity contribution in [3.05, 3.63) is 75.0 Å². The van der Waals surface area contributed by atoms with Gasteiger partial charge < -0.3 is 9.14 Å². The fraction of sp³-hybridized carbons (Fsp3) is 0.100. The average Bonchev–Trinajstić information content (AvgIpc) is 3.17. The van der Waals surface area contributed by atoms with Crippen LogP contribution >= 0.6 is 23.2 Å². The lowest BCUT2D eigenvalue weighted by molar-refractivity contribution is -0.145. The minimum atomic E-state index is -0.782. The lowest BCUT2D eigenvalue weighted by atomic mass is 10.1. The number of hydrogen-bond donors (Lipinski definition) is 0. The molecule has 1 aromatic carbocycles. The van der Waals surface area contributed by atoms with Crippen LogP contribution in [-0.2, 0) is 16.1 Å². The SMILES string of the molecule is N#Cc1c(COC(=O)CN2C(=O)c3cc(Cl)c(Cl)cc3C2=O)cn2ccccc12. The van der Waals surface area contributed by atoms with E-state index in [4.69, 9.17) is 27.9 Å². The van der Waals surface area contributed by atoms with Gasteiger partial charge in [-0.15, -0.1) is 0 Å². The van der Waals surface area contributed by atoms with Gasteiger partial charge >= 0.3 is 5.97 Å². The number of imide groups is 1. The fourth-order valence-corrected chi connectivity index (χ4v) is 3.50. The van der Waals surface area contributed by atoms with Gasteiger partial charge in [-0.1, -0.05) is 29.3 Å². The smallest absolute Gasteiger partial charge is 0.326 e. The highest BCUT2D eigenvalue weighted by Gasteiger charge is 2.37. The molecule has 0 fully saturated rings. The summed E-state index contributed by atoms with van der Waals surface area (Å²) in [5.41, 5.74) is 1.77. The number of pyridine rings is 1. The number of carbonyl (C=O) groups is 3. The standard InChI is InChI=1S/C20H11Cl2N3O4/c21-15-5-12-13(6-16(15)22)20(28)25(19(12)27)9-18(26)29-10-11-8-24-4-2-1-3-17(24)14(11)7-23/h1-6,8H,9-10H2. The Morgan fingerprint density at radius 1 is 1.10 bits per heavy atom. The maximum absolute atomic E-state index is 12.4. The van der Waals surface area contributed by atoms with Crippen LogP contribution in [-0.4, -0.2) is 33.6 Å². The molecule has 29 heavy (non-hydrogen) atoms. The molecule has 144 valence electrons. The molecule has 3 aromatic rings. The van der Waals surface area contributed by atoms with Crippen molar-refractivity contribution in [3.8, 4) is 6.07 Å². The van der Waals surface area contributed by atoms with E-state index in [1.165, 1.54) is 12.1 Å². The number of fused-ring (bicyclic) bond motifs is 2. The summed E-state index contributed by atoms with van der Waals surface area (Å²) in [7, 11) is 0. The van der Waals surface area contributed by atoms with Crippen LogP contribution in [0.2, 0.25) is 10.0 Å². The van der Waals surface area contributed by atoms with Gasteiger partial charge in [0.2, 0.25) is 0 Å². The van der Waals surface area contributed by atoms with Crippen LogP contribution in [0.5, 0.6) is 0 Å². The molecule has 0 bridgehead atoms. The zero-order valence-corrected chi connectivity index (χ0v) is 16.2. The third kappa shape index (κ3) is 3.23. The first kappa shape index (κ1) is 19.0. The number of nitriles is 1. The number of halogens is 2. The van der Waals surface area contributed by atoms with Gasteiger partial charge in [-0.25, -0.2) is 0 Å². The minimum Gasteiger partial charge on any atom is -0.459 e. The van der Waals surface area contributed by atoms with Crippen molar-refractivity contribution in [2.24, 2.45) is 0 Å². The summed E-state index contributed by atoms with van der Waals surface area (Å²) in [5.74, 6) is -2.07. The van der Waals surface area contributed by atoms with Crippen molar-refractivity contribution in [2.45, 2.75) is 6.61 Å². The summed E-state index contributed by atoms with van der Waals surface area (Å²) in [5, 5.41) is 9.67. The van der Waals surface area contributed by atoms with E-state index < -0.39 is 24.3 Å². The first-order valence-electron chi connectivity index (χ1n) is 8.40. The number of esters is 1. The van der Waals surface area contributed by atoms with Gasteiger partial charge in [-0.3, -0.25) is 19.3 Å². The molecule has 9 heteroatoms. The second-order valence-electron chi connectivity index (χ2n) is 6.30. The number of ether oxygens (including phenoxy) is 1. The van der Waals surface area contributed by atoms with Gasteiger partial charge in [0.25, 0.3) is 11.8 Å². The second-order valence-corrected chi connectivity index (χ2v) is 7.12. The molecule has 1 aliphatic heterocycles. The quantitative estimate of drug-likeness (QED) is 0.469. The third-order valence-corrected chi connectivity index (χ3v) is 5.28. The number of nitrogens with zero attached hydrogens (tertiary/aromatic N) is 3. The average molecular weight is 428 g/mol. The molecule has 0 spiro atoms. The number of benzene rings is 1. The summed E-state index contributed by atoms with van der Waals surface area (Å²) in [6, 6.07) is 10.1. The maximum Gasteiger partial charge on any atom is 0.326 e. The van der Waals surface area contributed by atoms with E-state index >= 15 is 0 Å². The highest BCUT2D eigenvalue weighted by atomic mass is 35.5. The predicted octanol–water partition coefficient (Wildman–Crippen LogP) is 3.46. The Labute approximate surface area is 174 Å². The number of rotatable bonds is 4. The van der Waals surface area contributed by atoms with E-state index in [9.17, 15) is 19.6 Å². The molecule has 0 aliphatic carbocycles. The highest BCUT2D eigenvalue weighted by molar-refractivity contribution is 6.43. The minimum absolute atomic E-state index is 0.0858. The zero-order chi connectivity index (χ0) is 20.7. The summed E-state index contributed by atoms with van der Waals surface area (Å²) >= 11 is 11.8. The highest BCUT2D eigenvalue weighted by Crippen LogP contribution is 2.31. The Bertz CT molecular complexity index is 1200. The van der Waals surface area contributed by atoms with E-state index in [-0.39, 0.29) is 27.8 Å². The number of amides is 2. The van der Waals surface area contributed by atoms with E-state index in [1.54, 1.807) is 28.9 Å². The molecular weight excluding hydrogens is 417 g/mol. The monoisotopic (exact) mass is 427 g/mol. The molecule has 0 saturated heterocycles. The fourth-order valence-electron chi connectivity index (χ4n) is 3.18. The number of aromatic nitrogens is 1. The predicted molar refractivity (Wildman–Crippen MR) is 104 cm³/mol. The molecule has 7 nitrogen and oxygen atoms in total. The Balaban J connectivity index is 1.48. The van der Waals surface area contributed by atoms with E-state index in [2.05, 4.69) is 6.07 Å². The van der Waals surface area contributed by atoms with Gasteiger partial charge in [0.05, 0.1) is 32.3 Å². The Morgan fingerprint density at radius 3 is 2.38 bits per heavy atom. The normalized spacial score (nSPS) is 12.9. The molecule has 2 amide bonds. The van der Waals surface area contributed by atoms with E-state index in [0.717, 1.165) is 4.90 Å². The summed E-state index contributed by atoms with van der Waals surface area (Å²) in [6.07, 6.45) is 3.46. The zero-order valence-electron chi connectivity index (χ0n) is 14.7. The maximum atomic E-state index is 12.4. The second kappa shape index (κ2) is 7.24. The first-order chi connectivity index (χ1) is 13.9. The summed E-state index contributed by atoms with van der Waals surface area (Å²) < 4.78 is 6.95. The van der Waals surface area contributed by atoms with Crippen LogP contribution < -0.4 is 0 Å². The Hall–Kier alpha value is -3.34. The molecular formula is C20H11Cl2N3O4.